The Morgan fingerprint density at radius 2 is 1.96 bits per heavy atom. The number of rotatable bonds is 4. The van der Waals surface area contributed by atoms with E-state index < -0.39 is 5.91 Å². The third-order valence-electron chi connectivity index (χ3n) is 3.19. The van der Waals surface area contributed by atoms with Crippen LogP contribution in [0, 0.1) is 0 Å². The smallest absolute Gasteiger partial charge is 0.337 e. The third-order valence-corrected chi connectivity index (χ3v) is 4.08. The van der Waals surface area contributed by atoms with Crippen molar-refractivity contribution in [3.8, 4) is 22.0 Å². The second kappa shape index (κ2) is 6.05. The Balaban J connectivity index is 1.86. The van der Waals surface area contributed by atoms with Crippen LogP contribution in [0.25, 0.3) is 22.0 Å². The molecule has 1 aromatic carbocycles. The van der Waals surface area contributed by atoms with Gasteiger partial charge >= 0.3 is 5.97 Å². The monoisotopic (exact) mass is 328 g/mol. The zero-order valence-electron chi connectivity index (χ0n) is 12.1. The van der Waals surface area contributed by atoms with Gasteiger partial charge in [0.2, 0.25) is 0 Å². The van der Waals surface area contributed by atoms with Crippen molar-refractivity contribution >= 4 is 23.2 Å². The van der Waals surface area contributed by atoms with Crippen LogP contribution in [0.3, 0.4) is 0 Å². The number of aromatic nitrogens is 1. The number of hydrogen-bond acceptors (Lipinski definition) is 6. The summed E-state index contributed by atoms with van der Waals surface area (Å²) in [6, 6.07) is 8.51. The highest BCUT2D eigenvalue weighted by Gasteiger charge is 2.13. The van der Waals surface area contributed by atoms with Crippen molar-refractivity contribution in [1.82, 2.24) is 4.98 Å². The van der Waals surface area contributed by atoms with E-state index in [0.29, 0.717) is 22.6 Å². The Morgan fingerprint density at radius 3 is 2.57 bits per heavy atom. The van der Waals surface area contributed by atoms with Gasteiger partial charge in [0.25, 0.3) is 5.91 Å². The average molecular weight is 328 g/mol. The molecule has 3 aromatic rings. The number of furan rings is 1. The van der Waals surface area contributed by atoms with Gasteiger partial charge in [-0.2, -0.15) is 0 Å². The standard InChI is InChI=1S/C16H12N2O4S/c1-21-16(20)10-4-2-9(3-5-10)15-18-12(8-23-15)13-6-11(7-22-13)14(17)19/h2-8H,1H3,(H2,17,19). The quantitative estimate of drug-likeness (QED) is 0.743. The van der Waals surface area contributed by atoms with E-state index in [1.165, 1.54) is 24.7 Å². The lowest BCUT2D eigenvalue weighted by atomic mass is 10.1. The number of esters is 1. The molecule has 0 aliphatic carbocycles. The summed E-state index contributed by atoms with van der Waals surface area (Å²) in [4.78, 5) is 27.0. The molecule has 7 heteroatoms. The summed E-state index contributed by atoms with van der Waals surface area (Å²) in [7, 11) is 1.34. The molecular weight excluding hydrogens is 316 g/mol. The molecule has 0 unspecified atom stereocenters. The molecule has 23 heavy (non-hydrogen) atoms. The maximum atomic E-state index is 11.4. The van der Waals surface area contributed by atoms with E-state index >= 15 is 0 Å². The van der Waals surface area contributed by atoms with Crippen LogP contribution in [0.4, 0.5) is 0 Å². The molecule has 0 spiro atoms. The van der Waals surface area contributed by atoms with E-state index in [9.17, 15) is 9.59 Å². The minimum absolute atomic E-state index is 0.303. The molecule has 3 rings (SSSR count). The largest absolute Gasteiger partial charge is 0.465 e. The van der Waals surface area contributed by atoms with Gasteiger partial charge in [0.1, 0.15) is 17.0 Å². The van der Waals surface area contributed by atoms with Crippen LogP contribution in [0.2, 0.25) is 0 Å². The van der Waals surface area contributed by atoms with Crippen molar-refractivity contribution in [2.75, 3.05) is 7.11 Å². The fourth-order valence-corrected chi connectivity index (χ4v) is 2.80. The maximum absolute atomic E-state index is 11.4. The summed E-state index contributed by atoms with van der Waals surface area (Å²) in [6.45, 7) is 0. The first-order valence-corrected chi connectivity index (χ1v) is 7.49. The number of ether oxygens (including phenoxy) is 1. The van der Waals surface area contributed by atoms with Crippen LogP contribution in [-0.4, -0.2) is 24.0 Å². The molecule has 0 saturated heterocycles. The molecule has 0 fully saturated rings. The number of methoxy groups -OCH3 is 1. The lowest BCUT2D eigenvalue weighted by Gasteiger charge is -2.00. The lowest BCUT2D eigenvalue weighted by Crippen LogP contribution is -2.09. The van der Waals surface area contributed by atoms with E-state index in [-0.39, 0.29) is 5.97 Å². The van der Waals surface area contributed by atoms with Crippen LogP contribution in [0.15, 0.2) is 46.4 Å². The van der Waals surface area contributed by atoms with E-state index in [2.05, 4.69) is 9.72 Å². The van der Waals surface area contributed by atoms with Crippen molar-refractivity contribution in [2.45, 2.75) is 0 Å². The molecule has 1 amide bonds. The van der Waals surface area contributed by atoms with Crippen LogP contribution in [0.5, 0.6) is 0 Å². The van der Waals surface area contributed by atoms with Crippen LogP contribution < -0.4 is 5.73 Å². The van der Waals surface area contributed by atoms with Gasteiger partial charge in [-0.3, -0.25) is 4.79 Å². The van der Waals surface area contributed by atoms with Gasteiger partial charge in [-0.15, -0.1) is 11.3 Å². The second-order valence-electron chi connectivity index (χ2n) is 4.67. The Kier molecular flexibility index (Phi) is 3.94. The van der Waals surface area contributed by atoms with Crippen molar-refractivity contribution in [1.29, 1.82) is 0 Å². The van der Waals surface area contributed by atoms with Gasteiger partial charge in [0, 0.05) is 10.9 Å². The molecule has 2 N–H and O–H groups in total. The van der Waals surface area contributed by atoms with Gasteiger partial charge in [-0.25, -0.2) is 9.78 Å². The molecule has 2 heterocycles. The summed E-state index contributed by atoms with van der Waals surface area (Å²) in [5.41, 5.74) is 7.47. The minimum atomic E-state index is -0.547. The minimum Gasteiger partial charge on any atom is -0.465 e. The summed E-state index contributed by atoms with van der Waals surface area (Å²) in [5, 5.41) is 2.60. The van der Waals surface area contributed by atoms with Crippen molar-refractivity contribution in [2.24, 2.45) is 5.73 Å². The Labute approximate surface area is 135 Å². The van der Waals surface area contributed by atoms with Gasteiger partial charge in [-0.05, 0) is 18.2 Å². The van der Waals surface area contributed by atoms with Crippen molar-refractivity contribution in [3.63, 3.8) is 0 Å². The zero-order valence-corrected chi connectivity index (χ0v) is 12.9. The molecule has 0 aliphatic heterocycles. The summed E-state index contributed by atoms with van der Waals surface area (Å²) >= 11 is 1.43. The first-order valence-electron chi connectivity index (χ1n) is 6.61. The van der Waals surface area contributed by atoms with Gasteiger partial charge in [0.05, 0.1) is 18.2 Å². The lowest BCUT2D eigenvalue weighted by molar-refractivity contribution is 0.0600. The van der Waals surface area contributed by atoms with Crippen LogP contribution >= 0.6 is 11.3 Å². The predicted molar refractivity (Wildman–Crippen MR) is 85.1 cm³/mol. The molecular formula is C16H12N2O4S. The second-order valence-corrected chi connectivity index (χ2v) is 5.53. The molecule has 0 saturated carbocycles. The number of carbonyl (C=O) groups excluding carboxylic acids is 2. The molecule has 0 radical (unpaired) electrons. The topological polar surface area (TPSA) is 95.4 Å². The van der Waals surface area contributed by atoms with E-state index in [4.69, 9.17) is 10.2 Å². The first kappa shape index (κ1) is 15.0. The molecule has 6 nitrogen and oxygen atoms in total. The number of carbonyl (C=O) groups is 2. The molecule has 0 aliphatic rings. The number of nitrogens with two attached hydrogens (primary N) is 1. The normalized spacial score (nSPS) is 10.5. The van der Waals surface area contributed by atoms with E-state index in [0.717, 1.165) is 10.6 Å². The Bertz CT molecular complexity index is 864. The Hall–Kier alpha value is -2.93. The van der Waals surface area contributed by atoms with E-state index in [1.54, 1.807) is 30.3 Å². The highest BCUT2D eigenvalue weighted by atomic mass is 32.1. The number of benzene rings is 1. The third kappa shape index (κ3) is 3.00. The average Bonchev–Trinajstić information content (AvgIpc) is 3.23. The predicted octanol–water partition coefficient (Wildman–Crippen LogP) is 2.96. The number of primary amides is 1. The fourth-order valence-electron chi connectivity index (χ4n) is 1.99. The fraction of sp³-hybridized carbons (Fsp3) is 0.0625. The first-order chi connectivity index (χ1) is 11.1. The molecule has 2 aromatic heterocycles. The number of thiazole rings is 1. The maximum Gasteiger partial charge on any atom is 0.337 e. The van der Waals surface area contributed by atoms with Crippen molar-refractivity contribution in [3.05, 3.63) is 53.1 Å². The number of hydrogen-bond donors (Lipinski definition) is 1. The van der Waals surface area contributed by atoms with Crippen LogP contribution in [-0.2, 0) is 4.74 Å². The highest BCUT2D eigenvalue weighted by molar-refractivity contribution is 7.13. The zero-order chi connectivity index (χ0) is 16.4. The molecule has 116 valence electrons. The Morgan fingerprint density at radius 1 is 1.22 bits per heavy atom. The van der Waals surface area contributed by atoms with Crippen LogP contribution in [0.1, 0.15) is 20.7 Å². The van der Waals surface area contributed by atoms with Gasteiger partial charge in [0.15, 0.2) is 5.76 Å². The van der Waals surface area contributed by atoms with Gasteiger partial charge < -0.3 is 14.9 Å². The van der Waals surface area contributed by atoms with Crippen molar-refractivity contribution < 1.29 is 18.7 Å². The van der Waals surface area contributed by atoms with Gasteiger partial charge in [-0.1, -0.05) is 12.1 Å². The number of nitrogens with zero attached hydrogens (tertiary/aromatic N) is 1. The summed E-state index contributed by atoms with van der Waals surface area (Å²) < 4.78 is 9.97. The number of amides is 1. The SMILES string of the molecule is COC(=O)c1ccc(-c2nc(-c3cc(C(N)=O)co3)cs2)cc1. The van der Waals surface area contributed by atoms with E-state index in [1.807, 2.05) is 5.38 Å². The molecule has 0 bridgehead atoms. The highest BCUT2D eigenvalue weighted by Crippen LogP contribution is 2.30. The molecule has 0 atom stereocenters. The summed E-state index contributed by atoms with van der Waals surface area (Å²) in [6.07, 6.45) is 1.31. The summed E-state index contributed by atoms with van der Waals surface area (Å²) in [5.74, 6) is -0.452.